The van der Waals surface area contributed by atoms with Gasteiger partial charge < -0.3 is 15.5 Å². The van der Waals surface area contributed by atoms with Crippen molar-refractivity contribution in [2.45, 2.75) is 46.6 Å². The van der Waals surface area contributed by atoms with Gasteiger partial charge in [-0.1, -0.05) is 18.2 Å². The summed E-state index contributed by atoms with van der Waals surface area (Å²) < 4.78 is 13.9. The quantitative estimate of drug-likeness (QED) is 0.452. The van der Waals surface area contributed by atoms with Crippen LogP contribution in [-0.4, -0.2) is 67.5 Å². The maximum absolute atomic E-state index is 13.9. The maximum Gasteiger partial charge on any atom is 0.224 e. The van der Waals surface area contributed by atoms with Crippen LogP contribution in [0.1, 0.15) is 45.6 Å². The molecule has 0 spiro atoms. The van der Waals surface area contributed by atoms with E-state index in [1.165, 1.54) is 6.07 Å². The third kappa shape index (κ3) is 7.94. The molecule has 0 radical (unpaired) electrons. The summed E-state index contributed by atoms with van der Waals surface area (Å²) in [5.74, 6) is 1.36. The molecule has 7 heteroatoms. The molecule has 1 aromatic rings. The molecule has 1 amide bonds. The Balaban J connectivity index is 1.74. The number of hydrogen-bond donors (Lipinski definition) is 2. The average Bonchev–Trinajstić information content (AvgIpc) is 2.75. The van der Waals surface area contributed by atoms with Crippen LogP contribution in [0.15, 0.2) is 29.3 Å². The molecule has 0 unspecified atom stereocenters. The van der Waals surface area contributed by atoms with Gasteiger partial charge >= 0.3 is 0 Å². The standard InChI is InChI=1S/C23H38FN5O/c1-4-25-23(26-14-11-22(30)29(5-2)6-3)27-17-19-12-15-28(16-13-19)18-20-9-7-8-10-21(20)24/h7-10,19H,4-6,11-18H2,1-3H3,(H2,25,26,27). The van der Waals surface area contributed by atoms with E-state index < -0.39 is 0 Å². The lowest BCUT2D eigenvalue weighted by molar-refractivity contribution is -0.130. The van der Waals surface area contributed by atoms with Crippen LogP contribution < -0.4 is 10.6 Å². The summed E-state index contributed by atoms with van der Waals surface area (Å²) in [5, 5.41) is 6.54. The predicted molar refractivity (Wildman–Crippen MR) is 121 cm³/mol. The van der Waals surface area contributed by atoms with Crippen LogP contribution in [0.3, 0.4) is 0 Å². The molecule has 1 heterocycles. The van der Waals surface area contributed by atoms with Gasteiger partial charge in [0.05, 0.1) is 0 Å². The van der Waals surface area contributed by atoms with Crippen LogP contribution in [0, 0.1) is 11.7 Å². The second-order valence-electron chi connectivity index (χ2n) is 7.77. The normalized spacial score (nSPS) is 15.8. The summed E-state index contributed by atoms with van der Waals surface area (Å²) in [7, 11) is 0. The molecule has 0 atom stereocenters. The predicted octanol–water partition coefficient (Wildman–Crippen LogP) is 2.85. The van der Waals surface area contributed by atoms with Gasteiger partial charge in [0.1, 0.15) is 5.82 Å². The number of aliphatic imine (C=N–C) groups is 1. The fourth-order valence-corrected chi connectivity index (χ4v) is 3.78. The van der Waals surface area contributed by atoms with Crippen LogP contribution in [0.25, 0.3) is 0 Å². The Morgan fingerprint density at radius 1 is 1.17 bits per heavy atom. The van der Waals surface area contributed by atoms with Crippen LogP contribution in [0.5, 0.6) is 0 Å². The van der Waals surface area contributed by atoms with Crippen LogP contribution in [-0.2, 0) is 11.3 Å². The molecule has 1 aliphatic rings. The minimum Gasteiger partial charge on any atom is -0.357 e. The molecule has 168 valence electrons. The number of amides is 1. The molecule has 1 fully saturated rings. The van der Waals surface area contributed by atoms with E-state index in [9.17, 15) is 9.18 Å². The minimum atomic E-state index is -0.120. The van der Waals surface area contributed by atoms with Gasteiger partial charge in [-0.2, -0.15) is 0 Å². The molecular weight excluding hydrogens is 381 g/mol. The van der Waals surface area contributed by atoms with Crippen LogP contribution in [0.4, 0.5) is 4.39 Å². The first-order valence-electron chi connectivity index (χ1n) is 11.3. The van der Waals surface area contributed by atoms with Gasteiger partial charge in [-0.25, -0.2) is 4.39 Å². The molecule has 0 aliphatic carbocycles. The highest BCUT2D eigenvalue weighted by Crippen LogP contribution is 2.20. The lowest BCUT2D eigenvalue weighted by Crippen LogP contribution is -2.40. The summed E-state index contributed by atoms with van der Waals surface area (Å²) in [5.41, 5.74) is 0.770. The zero-order valence-corrected chi connectivity index (χ0v) is 18.8. The number of rotatable bonds is 10. The van der Waals surface area contributed by atoms with Gasteiger partial charge in [0.2, 0.25) is 5.91 Å². The molecule has 0 saturated carbocycles. The van der Waals surface area contributed by atoms with Crippen molar-refractivity contribution < 1.29 is 9.18 Å². The summed E-state index contributed by atoms with van der Waals surface area (Å²) in [4.78, 5) is 21.0. The van der Waals surface area contributed by atoms with Gasteiger partial charge in [-0.3, -0.25) is 14.7 Å². The third-order valence-electron chi connectivity index (χ3n) is 5.66. The smallest absolute Gasteiger partial charge is 0.224 e. The van der Waals surface area contributed by atoms with E-state index in [0.717, 1.165) is 63.6 Å². The molecule has 1 aliphatic heterocycles. The van der Waals surface area contributed by atoms with E-state index in [1.54, 1.807) is 6.07 Å². The molecule has 6 nitrogen and oxygen atoms in total. The van der Waals surface area contributed by atoms with E-state index in [0.29, 0.717) is 25.4 Å². The van der Waals surface area contributed by atoms with E-state index >= 15 is 0 Å². The lowest BCUT2D eigenvalue weighted by Gasteiger charge is -2.31. The number of likely N-dealkylation sites (tertiary alicyclic amines) is 1. The van der Waals surface area contributed by atoms with E-state index in [4.69, 9.17) is 4.99 Å². The van der Waals surface area contributed by atoms with Crippen molar-refractivity contribution in [1.29, 1.82) is 0 Å². The first-order chi connectivity index (χ1) is 14.6. The monoisotopic (exact) mass is 419 g/mol. The van der Waals surface area contributed by atoms with Crippen molar-refractivity contribution in [3.05, 3.63) is 35.6 Å². The minimum absolute atomic E-state index is 0.120. The van der Waals surface area contributed by atoms with Crippen LogP contribution in [0.2, 0.25) is 0 Å². The molecule has 1 saturated heterocycles. The third-order valence-corrected chi connectivity index (χ3v) is 5.66. The summed E-state index contributed by atoms with van der Waals surface area (Å²) in [6.07, 6.45) is 2.61. The Hall–Kier alpha value is -2.15. The van der Waals surface area contributed by atoms with E-state index in [2.05, 4.69) is 15.5 Å². The molecule has 2 rings (SSSR count). The van der Waals surface area contributed by atoms with Gasteiger partial charge in [0.25, 0.3) is 0 Å². The average molecular weight is 420 g/mol. The molecule has 2 N–H and O–H groups in total. The number of benzene rings is 1. The van der Waals surface area contributed by atoms with Crippen molar-refractivity contribution in [1.82, 2.24) is 20.4 Å². The number of nitrogens with zero attached hydrogens (tertiary/aromatic N) is 3. The number of carbonyl (C=O) groups excluding carboxylic acids is 1. The van der Waals surface area contributed by atoms with Crippen LogP contribution >= 0.6 is 0 Å². The van der Waals surface area contributed by atoms with Crippen molar-refractivity contribution in [2.24, 2.45) is 10.9 Å². The number of halogens is 1. The molecule has 0 bridgehead atoms. The number of piperidine rings is 1. The highest BCUT2D eigenvalue weighted by molar-refractivity contribution is 5.81. The van der Waals surface area contributed by atoms with Crippen molar-refractivity contribution >= 4 is 11.9 Å². The second kappa shape index (κ2) is 13.2. The first kappa shape index (κ1) is 24.1. The highest BCUT2D eigenvalue weighted by Gasteiger charge is 2.20. The molecule has 30 heavy (non-hydrogen) atoms. The van der Waals surface area contributed by atoms with Gasteiger partial charge in [-0.15, -0.1) is 0 Å². The Labute approximate surface area is 180 Å². The fraction of sp³-hybridized carbons (Fsp3) is 0.652. The Kier molecular flexibility index (Phi) is 10.6. The summed E-state index contributed by atoms with van der Waals surface area (Å²) >= 11 is 0. The summed E-state index contributed by atoms with van der Waals surface area (Å²) in [6.45, 7) is 12.3. The maximum atomic E-state index is 13.9. The molecular formula is C23H38FN5O. The van der Waals surface area contributed by atoms with Crippen molar-refractivity contribution in [2.75, 3.05) is 45.8 Å². The van der Waals surface area contributed by atoms with Crippen molar-refractivity contribution in [3.8, 4) is 0 Å². The van der Waals surface area contributed by atoms with Crippen molar-refractivity contribution in [3.63, 3.8) is 0 Å². The second-order valence-corrected chi connectivity index (χ2v) is 7.77. The number of hydrogen-bond acceptors (Lipinski definition) is 3. The molecule has 0 aromatic heterocycles. The fourth-order valence-electron chi connectivity index (χ4n) is 3.78. The van der Waals surface area contributed by atoms with E-state index in [1.807, 2.05) is 37.8 Å². The lowest BCUT2D eigenvalue weighted by atomic mass is 9.96. The van der Waals surface area contributed by atoms with Gasteiger partial charge in [-0.05, 0) is 58.7 Å². The first-order valence-corrected chi connectivity index (χ1v) is 11.3. The van der Waals surface area contributed by atoms with E-state index in [-0.39, 0.29) is 11.7 Å². The Morgan fingerprint density at radius 2 is 1.87 bits per heavy atom. The highest BCUT2D eigenvalue weighted by atomic mass is 19.1. The topological polar surface area (TPSA) is 60.0 Å². The number of carbonyl (C=O) groups is 1. The van der Waals surface area contributed by atoms with Gasteiger partial charge in [0, 0.05) is 51.3 Å². The SMILES string of the molecule is CCNC(=NCC1CCN(Cc2ccccc2F)CC1)NCCC(=O)N(CC)CC. The molecule has 1 aromatic carbocycles. The van der Waals surface area contributed by atoms with Gasteiger partial charge in [0.15, 0.2) is 5.96 Å². The zero-order chi connectivity index (χ0) is 21.8. The summed E-state index contributed by atoms with van der Waals surface area (Å²) in [6, 6.07) is 7.02. The number of nitrogens with one attached hydrogen (secondary N) is 2. The Morgan fingerprint density at radius 3 is 2.50 bits per heavy atom. The number of guanidine groups is 1. The zero-order valence-electron chi connectivity index (χ0n) is 18.8. The largest absolute Gasteiger partial charge is 0.357 e. The Bertz CT molecular complexity index is 669.